The van der Waals surface area contributed by atoms with Gasteiger partial charge in [0.15, 0.2) is 0 Å². The second kappa shape index (κ2) is 11.3. The summed E-state index contributed by atoms with van der Waals surface area (Å²) >= 11 is 0. The average Bonchev–Trinajstić information content (AvgIpc) is 2.99. The minimum Gasteiger partial charge on any atom is -0.497 e. The zero-order chi connectivity index (χ0) is 27.4. The van der Waals surface area contributed by atoms with Gasteiger partial charge in [-0.2, -0.15) is 0 Å². The van der Waals surface area contributed by atoms with Gasteiger partial charge >= 0.3 is 0 Å². The molecule has 0 unspecified atom stereocenters. The Balaban J connectivity index is 1.30. The van der Waals surface area contributed by atoms with E-state index in [4.69, 9.17) is 4.74 Å². The average molecular weight is 523 g/mol. The fourth-order valence-corrected chi connectivity index (χ4v) is 4.68. The zero-order valence-electron chi connectivity index (χ0n) is 22.0. The fraction of sp³-hybridized carbons (Fsp3) is 0.194. The molecule has 39 heavy (non-hydrogen) atoms. The largest absolute Gasteiger partial charge is 0.497 e. The topological polar surface area (TPSA) is 87.6 Å². The van der Waals surface area contributed by atoms with E-state index in [1.807, 2.05) is 59.5 Å². The molecule has 2 heterocycles. The Kier molecular flexibility index (Phi) is 7.45. The number of aromatic nitrogens is 2. The second-order valence-corrected chi connectivity index (χ2v) is 9.42. The lowest BCUT2D eigenvalue weighted by Gasteiger charge is -2.36. The predicted octanol–water partition coefficient (Wildman–Crippen LogP) is 1.70. The summed E-state index contributed by atoms with van der Waals surface area (Å²) in [5.74, 6) is 0.791. The Morgan fingerprint density at radius 1 is 0.821 bits per heavy atom. The first-order valence-corrected chi connectivity index (χ1v) is 12.8. The molecule has 0 atom stereocenters. The molecule has 1 amide bonds. The first-order valence-electron chi connectivity index (χ1n) is 12.8. The highest BCUT2D eigenvalue weighted by Crippen LogP contribution is 2.21. The minimum absolute atomic E-state index is 0.0268. The van der Waals surface area contributed by atoms with Crippen LogP contribution in [0.3, 0.4) is 0 Å². The molecule has 1 saturated heterocycles. The molecule has 3 aromatic carbocycles. The SMILES string of the molecule is COc1ccc(N2CCN(C(=O)c3ccc(/C=c4\[nH]c(=O)/c(=C/c5ccccc5)n(C)c4=O)cc3)CC2)cc1. The summed E-state index contributed by atoms with van der Waals surface area (Å²) in [4.78, 5) is 45.6. The molecule has 0 radical (unpaired) electrons. The number of carbonyl (C=O) groups is 1. The molecule has 1 aromatic heterocycles. The summed E-state index contributed by atoms with van der Waals surface area (Å²) in [5.41, 5.74) is 2.57. The number of ether oxygens (including phenoxy) is 1. The third-order valence-electron chi connectivity index (χ3n) is 6.95. The molecule has 198 valence electrons. The van der Waals surface area contributed by atoms with E-state index < -0.39 is 0 Å². The summed E-state index contributed by atoms with van der Waals surface area (Å²) in [5, 5.41) is 0.456. The van der Waals surface area contributed by atoms with E-state index in [2.05, 4.69) is 9.88 Å². The Morgan fingerprint density at radius 3 is 2.10 bits per heavy atom. The Morgan fingerprint density at radius 2 is 1.46 bits per heavy atom. The maximum Gasteiger partial charge on any atom is 0.274 e. The predicted molar refractivity (Wildman–Crippen MR) is 153 cm³/mol. The van der Waals surface area contributed by atoms with Crippen LogP contribution in [0, 0.1) is 0 Å². The second-order valence-electron chi connectivity index (χ2n) is 9.42. The maximum absolute atomic E-state index is 13.1. The van der Waals surface area contributed by atoms with Gasteiger partial charge in [0.1, 0.15) is 16.4 Å². The molecule has 1 aliphatic rings. The Hall–Kier alpha value is -4.85. The van der Waals surface area contributed by atoms with Crippen molar-refractivity contribution in [1.82, 2.24) is 14.5 Å². The number of methoxy groups -OCH3 is 1. The molecule has 1 N–H and O–H groups in total. The first-order chi connectivity index (χ1) is 18.9. The summed E-state index contributed by atoms with van der Waals surface area (Å²) in [7, 11) is 3.23. The lowest BCUT2D eigenvalue weighted by Crippen LogP contribution is -2.52. The van der Waals surface area contributed by atoms with E-state index in [9.17, 15) is 14.4 Å². The third kappa shape index (κ3) is 5.70. The van der Waals surface area contributed by atoms with Crippen LogP contribution in [0.25, 0.3) is 12.2 Å². The van der Waals surface area contributed by atoms with Crippen molar-refractivity contribution in [1.29, 1.82) is 0 Å². The van der Waals surface area contributed by atoms with Gasteiger partial charge in [0.2, 0.25) is 0 Å². The van der Waals surface area contributed by atoms with Crippen molar-refractivity contribution >= 4 is 23.7 Å². The number of carbonyl (C=O) groups excluding carboxylic acids is 1. The van der Waals surface area contributed by atoms with E-state index in [-0.39, 0.29) is 27.7 Å². The highest BCUT2D eigenvalue weighted by Gasteiger charge is 2.22. The molecule has 0 bridgehead atoms. The summed E-state index contributed by atoms with van der Waals surface area (Å²) in [6, 6.07) is 24.4. The quantitative estimate of drug-likeness (QED) is 0.431. The monoisotopic (exact) mass is 522 g/mol. The number of piperazine rings is 1. The molecular formula is C31H30N4O4. The van der Waals surface area contributed by atoms with Crippen LogP contribution in [0.1, 0.15) is 21.5 Å². The molecule has 1 fully saturated rings. The Bertz CT molecular complexity index is 1700. The number of anilines is 1. The van der Waals surface area contributed by atoms with Gasteiger partial charge in [-0.05, 0) is 59.7 Å². The highest BCUT2D eigenvalue weighted by molar-refractivity contribution is 5.94. The van der Waals surface area contributed by atoms with E-state index >= 15 is 0 Å². The number of hydrogen-bond donors (Lipinski definition) is 1. The molecule has 8 nitrogen and oxygen atoms in total. The van der Waals surface area contributed by atoms with Crippen molar-refractivity contribution < 1.29 is 9.53 Å². The molecule has 4 aromatic rings. The van der Waals surface area contributed by atoms with E-state index in [1.54, 1.807) is 50.6 Å². The van der Waals surface area contributed by atoms with Crippen LogP contribution in [0.5, 0.6) is 5.75 Å². The van der Waals surface area contributed by atoms with Crippen LogP contribution in [0.2, 0.25) is 0 Å². The zero-order valence-corrected chi connectivity index (χ0v) is 22.0. The Labute approximate surface area is 225 Å². The molecule has 1 aliphatic heterocycles. The van der Waals surface area contributed by atoms with Gasteiger partial charge < -0.3 is 24.1 Å². The van der Waals surface area contributed by atoms with Gasteiger partial charge in [0, 0.05) is 44.5 Å². The standard InChI is InChI=1S/C31H30N4O4/c1-33-28(21-22-6-4-3-5-7-22)29(36)32-27(31(33)38)20-23-8-10-24(11-9-23)30(37)35-18-16-34(17-19-35)25-12-14-26(39-2)15-13-25/h3-15,20-21H,16-19H2,1-2H3,(H,32,36)/b27-20-,28-21-. The van der Waals surface area contributed by atoms with E-state index in [1.165, 1.54) is 4.57 Å². The number of hydrogen-bond acceptors (Lipinski definition) is 5. The van der Waals surface area contributed by atoms with Gasteiger partial charge in [-0.1, -0.05) is 42.5 Å². The number of H-pyrrole nitrogens is 1. The van der Waals surface area contributed by atoms with E-state index in [0.29, 0.717) is 24.2 Å². The van der Waals surface area contributed by atoms with Gasteiger partial charge in [-0.3, -0.25) is 14.4 Å². The van der Waals surface area contributed by atoms with Crippen LogP contribution in [0.15, 0.2) is 88.5 Å². The van der Waals surface area contributed by atoms with Crippen molar-refractivity contribution in [2.75, 3.05) is 38.2 Å². The highest BCUT2D eigenvalue weighted by atomic mass is 16.5. The number of nitrogens with zero attached hydrogens (tertiary/aromatic N) is 3. The number of benzene rings is 3. The number of aromatic amines is 1. The van der Waals surface area contributed by atoms with E-state index in [0.717, 1.165) is 30.1 Å². The third-order valence-corrected chi connectivity index (χ3v) is 6.95. The van der Waals surface area contributed by atoms with Crippen LogP contribution in [-0.2, 0) is 7.05 Å². The first kappa shape index (κ1) is 25.8. The molecule has 0 aliphatic carbocycles. The van der Waals surface area contributed by atoms with Gasteiger partial charge in [0.05, 0.1) is 7.11 Å². The van der Waals surface area contributed by atoms with Crippen LogP contribution in [0.4, 0.5) is 5.69 Å². The lowest BCUT2D eigenvalue weighted by atomic mass is 10.1. The van der Waals surface area contributed by atoms with Crippen molar-refractivity contribution in [3.63, 3.8) is 0 Å². The van der Waals surface area contributed by atoms with Crippen molar-refractivity contribution in [2.45, 2.75) is 0 Å². The minimum atomic E-state index is -0.354. The number of rotatable bonds is 5. The summed E-state index contributed by atoms with van der Waals surface area (Å²) in [6.45, 7) is 2.75. The summed E-state index contributed by atoms with van der Waals surface area (Å²) in [6.07, 6.45) is 3.30. The van der Waals surface area contributed by atoms with Crippen LogP contribution < -0.4 is 31.5 Å². The fourth-order valence-electron chi connectivity index (χ4n) is 4.68. The van der Waals surface area contributed by atoms with Gasteiger partial charge in [-0.15, -0.1) is 0 Å². The molecule has 0 spiro atoms. The van der Waals surface area contributed by atoms with Gasteiger partial charge in [-0.25, -0.2) is 0 Å². The smallest absolute Gasteiger partial charge is 0.274 e. The molecule has 8 heteroatoms. The van der Waals surface area contributed by atoms with Gasteiger partial charge in [0.25, 0.3) is 17.0 Å². The van der Waals surface area contributed by atoms with Crippen molar-refractivity contribution in [3.05, 3.63) is 127 Å². The maximum atomic E-state index is 13.1. The molecular weight excluding hydrogens is 492 g/mol. The number of amides is 1. The van der Waals surface area contributed by atoms with Crippen molar-refractivity contribution in [3.8, 4) is 5.75 Å². The summed E-state index contributed by atoms with van der Waals surface area (Å²) < 4.78 is 6.58. The molecule has 5 rings (SSSR count). The molecule has 0 saturated carbocycles. The lowest BCUT2D eigenvalue weighted by molar-refractivity contribution is 0.0747. The van der Waals surface area contributed by atoms with Crippen LogP contribution >= 0.6 is 0 Å². The normalized spacial score (nSPS) is 14.5. The van der Waals surface area contributed by atoms with Crippen molar-refractivity contribution in [2.24, 2.45) is 7.05 Å². The van der Waals surface area contributed by atoms with Crippen LogP contribution in [-0.4, -0.2) is 53.6 Å². The number of nitrogens with one attached hydrogen (secondary N) is 1.